The summed E-state index contributed by atoms with van der Waals surface area (Å²) in [6.45, 7) is 8.77. The molecule has 1 amide bonds. The number of benzene rings is 1. The van der Waals surface area contributed by atoms with Crippen molar-refractivity contribution < 1.29 is 9.90 Å². The average molecular weight is 342 g/mol. The highest BCUT2D eigenvalue weighted by Gasteiger charge is 2.57. The summed E-state index contributed by atoms with van der Waals surface area (Å²) in [5, 5.41) is 10.5. The van der Waals surface area contributed by atoms with Crippen molar-refractivity contribution in [2.75, 3.05) is 20.1 Å². The number of rotatable bonds is 1. The maximum atomic E-state index is 13.3. The molecule has 136 valence electrons. The summed E-state index contributed by atoms with van der Waals surface area (Å²) in [5.41, 5.74) is 2.30. The Bertz CT molecular complexity index is 714. The molecule has 4 heteroatoms. The lowest BCUT2D eigenvalue weighted by Crippen LogP contribution is -2.66. The number of phenolic OH excluding ortho intramolecular Hbond substituents is 1. The van der Waals surface area contributed by atoms with Gasteiger partial charge in [-0.1, -0.05) is 32.9 Å². The molecule has 25 heavy (non-hydrogen) atoms. The van der Waals surface area contributed by atoms with Crippen LogP contribution in [-0.2, 0) is 16.6 Å². The fourth-order valence-electron chi connectivity index (χ4n) is 5.60. The van der Waals surface area contributed by atoms with Crippen LogP contribution in [-0.4, -0.2) is 53.0 Å². The lowest BCUT2D eigenvalue weighted by atomic mass is 9.51. The maximum absolute atomic E-state index is 13.3. The van der Waals surface area contributed by atoms with E-state index in [2.05, 4.69) is 43.7 Å². The number of phenols is 1. The fraction of sp³-hybridized carbons (Fsp3) is 0.667. The monoisotopic (exact) mass is 342 g/mol. The molecule has 1 aromatic carbocycles. The molecule has 0 aromatic heterocycles. The number of piperidine rings is 1. The van der Waals surface area contributed by atoms with Crippen LogP contribution in [0.2, 0.25) is 0 Å². The first-order valence-corrected chi connectivity index (χ1v) is 9.59. The molecule has 3 atom stereocenters. The largest absolute Gasteiger partial charge is 0.508 e. The van der Waals surface area contributed by atoms with Crippen molar-refractivity contribution in [2.45, 2.75) is 64.0 Å². The second-order valence-electron chi connectivity index (χ2n) is 9.00. The number of hydrogen-bond donors (Lipinski definition) is 1. The molecule has 0 spiro atoms. The number of nitrogens with zero attached hydrogens (tertiary/aromatic N) is 2. The number of carbonyl (C=O) groups excluding carboxylic acids is 1. The van der Waals surface area contributed by atoms with Gasteiger partial charge in [0.05, 0.1) is 6.04 Å². The van der Waals surface area contributed by atoms with Gasteiger partial charge in [0, 0.05) is 18.0 Å². The Labute approximate surface area is 150 Å². The molecular weight excluding hydrogens is 312 g/mol. The van der Waals surface area contributed by atoms with Crippen molar-refractivity contribution in [3.63, 3.8) is 0 Å². The van der Waals surface area contributed by atoms with Crippen LogP contribution < -0.4 is 0 Å². The molecule has 0 radical (unpaired) electrons. The molecule has 0 saturated carbocycles. The van der Waals surface area contributed by atoms with Crippen molar-refractivity contribution in [1.29, 1.82) is 0 Å². The Morgan fingerprint density at radius 3 is 2.68 bits per heavy atom. The van der Waals surface area contributed by atoms with E-state index in [1.165, 1.54) is 5.56 Å². The van der Waals surface area contributed by atoms with Gasteiger partial charge in [-0.25, -0.2) is 0 Å². The van der Waals surface area contributed by atoms with Gasteiger partial charge in [-0.2, -0.15) is 0 Å². The summed E-state index contributed by atoms with van der Waals surface area (Å²) >= 11 is 0. The number of amides is 1. The van der Waals surface area contributed by atoms with Crippen LogP contribution in [0.5, 0.6) is 5.75 Å². The summed E-state index contributed by atoms with van der Waals surface area (Å²) in [4.78, 5) is 17.7. The third kappa shape index (κ3) is 2.19. The van der Waals surface area contributed by atoms with Gasteiger partial charge in [0.2, 0.25) is 5.91 Å². The van der Waals surface area contributed by atoms with Gasteiger partial charge in [-0.15, -0.1) is 0 Å². The zero-order valence-corrected chi connectivity index (χ0v) is 15.9. The second-order valence-corrected chi connectivity index (χ2v) is 9.00. The lowest BCUT2D eigenvalue weighted by Gasteiger charge is -2.61. The minimum Gasteiger partial charge on any atom is -0.508 e. The van der Waals surface area contributed by atoms with Gasteiger partial charge < -0.3 is 10.0 Å². The number of fused-ring (bicyclic) bond motifs is 4. The van der Waals surface area contributed by atoms with Gasteiger partial charge >= 0.3 is 0 Å². The van der Waals surface area contributed by atoms with E-state index in [0.717, 1.165) is 44.3 Å². The highest BCUT2D eigenvalue weighted by molar-refractivity contribution is 5.83. The summed E-state index contributed by atoms with van der Waals surface area (Å²) in [6.07, 6.45) is 3.79. The minimum absolute atomic E-state index is 0.0116. The molecule has 2 fully saturated rings. The summed E-state index contributed by atoms with van der Waals surface area (Å²) in [7, 11) is 2.07. The highest BCUT2D eigenvalue weighted by atomic mass is 16.3. The van der Waals surface area contributed by atoms with Gasteiger partial charge in [0.25, 0.3) is 0 Å². The first-order chi connectivity index (χ1) is 11.8. The number of aromatic hydroxyl groups is 1. The van der Waals surface area contributed by atoms with Crippen LogP contribution in [0.4, 0.5) is 0 Å². The molecule has 4 nitrogen and oxygen atoms in total. The summed E-state index contributed by atoms with van der Waals surface area (Å²) in [5.74, 6) is 0.676. The Balaban J connectivity index is 1.75. The predicted molar refractivity (Wildman–Crippen MR) is 98.7 cm³/mol. The minimum atomic E-state index is -0.0150. The highest BCUT2D eigenvalue weighted by Crippen LogP contribution is 2.57. The number of likely N-dealkylation sites (tertiary alicyclic amines) is 2. The lowest BCUT2D eigenvalue weighted by molar-refractivity contribution is -0.148. The van der Waals surface area contributed by atoms with E-state index in [4.69, 9.17) is 0 Å². The zero-order valence-electron chi connectivity index (χ0n) is 15.9. The van der Waals surface area contributed by atoms with Crippen molar-refractivity contribution in [3.8, 4) is 5.75 Å². The van der Waals surface area contributed by atoms with E-state index in [1.54, 1.807) is 6.07 Å². The first kappa shape index (κ1) is 16.9. The van der Waals surface area contributed by atoms with E-state index in [-0.39, 0.29) is 22.9 Å². The van der Waals surface area contributed by atoms with E-state index >= 15 is 0 Å². The van der Waals surface area contributed by atoms with Crippen molar-refractivity contribution >= 4 is 5.91 Å². The van der Waals surface area contributed by atoms with Crippen LogP contribution >= 0.6 is 0 Å². The maximum Gasteiger partial charge on any atom is 0.240 e. The van der Waals surface area contributed by atoms with Crippen LogP contribution in [0.1, 0.15) is 51.2 Å². The molecular formula is C21H30N2O2. The standard InChI is InChI=1S/C21H30N2O2/c1-20(2)18-13-14-15(7-5-9-17(14)24)21(20,3)10-12-23(18)19(25)16-8-6-11-22(16)4/h5,7,9,16,18,24H,6,8,10-13H2,1-4H3/t16-,18+,21-/m0/s1. The third-order valence-electron chi connectivity index (χ3n) is 7.72. The van der Waals surface area contributed by atoms with E-state index in [0.29, 0.717) is 11.7 Å². The third-order valence-corrected chi connectivity index (χ3v) is 7.72. The SMILES string of the molecule is CN1CCC[C@H]1C(=O)N1CC[C@@]2(C)c3cccc(O)c3C[C@@H]1C2(C)C. The van der Waals surface area contributed by atoms with E-state index in [9.17, 15) is 9.90 Å². The Kier molecular flexibility index (Phi) is 3.70. The normalized spacial score (nSPS) is 34.0. The molecule has 0 unspecified atom stereocenters. The van der Waals surface area contributed by atoms with Crippen LogP contribution in [0.15, 0.2) is 18.2 Å². The Morgan fingerprint density at radius 1 is 1.24 bits per heavy atom. The van der Waals surface area contributed by atoms with Gasteiger partial charge in [-0.3, -0.25) is 9.69 Å². The molecule has 2 heterocycles. The van der Waals surface area contributed by atoms with Crippen molar-refractivity contribution in [2.24, 2.45) is 5.41 Å². The average Bonchev–Trinajstić information content (AvgIpc) is 2.97. The smallest absolute Gasteiger partial charge is 0.240 e. The topological polar surface area (TPSA) is 43.8 Å². The van der Waals surface area contributed by atoms with Crippen LogP contribution in [0, 0.1) is 5.41 Å². The first-order valence-electron chi connectivity index (χ1n) is 9.59. The number of carbonyl (C=O) groups is 1. The molecule has 2 bridgehead atoms. The summed E-state index contributed by atoms with van der Waals surface area (Å²) in [6, 6.07) is 6.10. The molecule has 2 saturated heterocycles. The molecule has 4 rings (SSSR count). The number of likely N-dealkylation sites (N-methyl/N-ethyl adjacent to an activating group) is 1. The van der Waals surface area contributed by atoms with E-state index < -0.39 is 0 Å². The predicted octanol–water partition coefficient (Wildman–Crippen LogP) is 2.93. The van der Waals surface area contributed by atoms with E-state index in [1.807, 2.05) is 6.07 Å². The molecule has 3 aliphatic rings. The molecule has 1 N–H and O–H groups in total. The quantitative estimate of drug-likeness (QED) is 0.853. The Hall–Kier alpha value is -1.55. The van der Waals surface area contributed by atoms with Gasteiger partial charge in [-0.05, 0) is 61.9 Å². The van der Waals surface area contributed by atoms with Gasteiger partial charge in [0.1, 0.15) is 5.75 Å². The van der Waals surface area contributed by atoms with Crippen LogP contribution in [0.3, 0.4) is 0 Å². The molecule has 1 aromatic rings. The van der Waals surface area contributed by atoms with Crippen LogP contribution in [0.25, 0.3) is 0 Å². The van der Waals surface area contributed by atoms with Gasteiger partial charge in [0.15, 0.2) is 0 Å². The second kappa shape index (κ2) is 5.47. The molecule has 2 aliphatic heterocycles. The van der Waals surface area contributed by atoms with Crippen molar-refractivity contribution in [1.82, 2.24) is 9.80 Å². The number of hydrogen-bond acceptors (Lipinski definition) is 3. The fourth-order valence-corrected chi connectivity index (χ4v) is 5.60. The Morgan fingerprint density at radius 2 is 2.00 bits per heavy atom. The summed E-state index contributed by atoms with van der Waals surface area (Å²) < 4.78 is 0. The zero-order chi connectivity index (χ0) is 18.0. The van der Waals surface area contributed by atoms with Crippen molar-refractivity contribution in [3.05, 3.63) is 29.3 Å². The molecule has 1 aliphatic carbocycles.